The number of halogens is 1. The highest BCUT2D eigenvalue weighted by Crippen LogP contribution is 2.01. The Balaban J connectivity index is 3.82. The summed E-state index contributed by atoms with van der Waals surface area (Å²) in [6, 6.07) is 0. The number of nitrogens with one attached hydrogen (secondary N) is 1. The van der Waals surface area contributed by atoms with Gasteiger partial charge in [0.15, 0.2) is 5.83 Å². The van der Waals surface area contributed by atoms with E-state index in [1.165, 1.54) is 7.11 Å². The van der Waals surface area contributed by atoms with Gasteiger partial charge in [0.25, 0.3) is 0 Å². The van der Waals surface area contributed by atoms with Crippen molar-refractivity contribution in [1.29, 1.82) is 5.41 Å². The van der Waals surface area contributed by atoms with Gasteiger partial charge in [-0.05, 0) is 0 Å². The molecule has 0 spiro atoms. The number of methoxy groups -OCH3 is 1. The summed E-state index contributed by atoms with van der Waals surface area (Å²) in [5.41, 5.74) is -0.246. The summed E-state index contributed by atoms with van der Waals surface area (Å²) in [4.78, 5) is 0. The molecule has 10 heavy (non-hydrogen) atoms. The number of hydrogen-bond donors (Lipinski definition) is 2. The highest BCUT2D eigenvalue weighted by atomic mass is 19.1. The Morgan fingerprint density at radius 2 is 2.40 bits per heavy atom. The van der Waals surface area contributed by atoms with Gasteiger partial charge in [0.2, 0.25) is 0 Å². The van der Waals surface area contributed by atoms with Crippen molar-refractivity contribution in [1.82, 2.24) is 0 Å². The summed E-state index contributed by atoms with van der Waals surface area (Å²) in [7, 11) is 1.30. The van der Waals surface area contributed by atoms with E-state index in [1.807, 2.05) is 0 Å². The number of allylic oxidation sites excluding steroid dienone is 1. The van der Waals surface area contributed by atoms with E-state index in [-0.39, 0.29) is 18.7 Å². The van der Waals surface area contributed by atoms with Gasteiger partial charge in [-0.1, -0.05) is 0 Å². The van der Waals surface area contributed by atoms with E-state index in [1.54, 1.807) is 0 Å². The van der Waals surface area contributed by atoms with Crippen LogP contribution in [0.25, 0.3) is 0 Å². The van der Waals surface area contributed by atoms with Crippen LogP contribution in [0, 0.1) is 5.41 Å². The summed E-state index contributed by atoms with van der Waals surface area (Å²) in [6.07, 6.45) is 0.851. The van der Waals surface area contributed by atoms with Crippen LogP contribution in [0.4, 0.5) is 4.39 Å². The minimum Gasteiger partial charge on any atom is -0.501 e. The van der Waals surface area contributed by atoms with Crippen molar-refractivity contribution in [3.05, 3.63) is 12.1 Å². The van der Waals surface area contributed by atoms with Gasteiger partial charge in [-0.2, -0.15) is 0 Å². The maximum Gasteiger partial charge on any atom is 0.178 e. The molecule has 58 valence electrons. The van der Waals surface area contributed by atoms with Gasteiger partial charge in [0.1, 0.15) is 6.26 Å². The largest absolute Gasteiger partial charge is 0.501 e. The lowest BCUT2D eigenvalue weighted by molar-refractivity contribution is 0.304. The fourth-order valence-corrected chi connectivity index (χ4v) is 0.406. The molecule has 0 aromatic carbocycles. The summed E-state index contributed by atoms with van der Waals surface area (Å²) < 4.78 is 16.7. The van der Waals surface area contributed by atoms with E-state index in [9.17, 15) is 4.39 Å². The van der Waals surface area contributed by atoms with E-state index in [4.69, 9.17) is 10.5 Å². The molecule has 0 heterocycles. The average molecular weight is 147 g/mol. The Kier molecular flexibility index (Phi) is 4.49. The second kappa shape index (κ2) is 4.93. The lowest BCUT2D eigenvalue weighted by Gasteiger charge is -1.96. The standard InChI is InChI=1S/C6H10FNO2/c1-10-4-5(7)6(8)2-3-9/h4,8-9H,2-3H2,1H3/b5-4-,8-6?. The van der Waals surface area contributed by atoms with Crippen molar-refractivity contribution in [3.8, 4) is 0 Å². The smallest absolute Gasteiger partial charge is 0.178 e. The molecule has 0 radical (unpaired) electrons. The lowest BCUT2D eigenvalue weighted by atomic mass is 10.2. The monoisotopic (exact) mass is 147 g/mol. The Labute approximate surface area is 58.6 Å². The van der Waals surface area contributed by atoms with E-state index in [0.717, 1.165) is 6.26 Å². The number of rotatable bonds is 4. The van der Waals surface area contributed by atoms with Crippen molar-refractivity contribution in [3.63, 3.8) is 0 Å². The molecule has 0 amide bonds. The molecule has 4 heteroatoms. The maximum atomic E-state index is 12.4. The Morgan fingerprint density at radius 1 is 1.80 bits per heavy atom. The molecule has 3 nitrogen and oxygen atoms in total. The van der Waals surface area contributed by atoms with Crippen molar-refractivity contribution in [2.24, 2.45) is 0 Å². The van der Waals surface area contributed by atoms with E-state index < -0.39 is 5.83 Å². The lowest BCUT2D eigenvalue weighted by Crippen LogP contribution is -2.00. The second-order valence-corrected chi connectivity index (χ2v) is 1.65. The Morgan fingerprint density at radius 3 is 2.80 bits per heavy atom. The number of ether oxygens (including phenoxy) is 1. The number of aliphatic hydroxyl groups excluding tert-OH is 1. The molecule has 0 aliphatic heterocycles. The molecule has 0 aliphatic carbocycles. The van der Waals surface area contributed by atoms with Crippen LogP contribution in [0.2, 0.25) is 0 Å². The van der Waals surface area contributed by atoms with Crippen LogP contribution < -0.4 is 0 Å². The van der Waals surface area contributed by atoms with Gasteiger partial charge in [-0.25, -0.2) is 4.39 Å². The van der Waals surface area contributed by atoms with Crippen LogP contribution >= 0.6 is 0 Å². The fourth-order valence-electron chi connectivity index (χ4n) is 0.406. The summed E-state index contributed by atoms with van der Waals surface area (Å²) in [5.74, 6) is -0.739. The minimum atomic E-state index is -0.739. The van der Waals surface area contributed by atoms with Gasteiger partial charge in [0, 0.05) is 13.0 Å². The van der Waals surface area contributed by atoms with Crippen molar-refractivity contribution >= 4 is 5.71 Å². The van der Waals surface area contributed by atoms with Crippen LogP contribution in [-0.4, -0.2) is 24.5 Å². The van der Waals surface area contributed by atoms with Gasteiger partial charge < -0.3 is 15.3 Å². The highest BCUT2D eigenvalue weighted by Gasteiger charge is 2.01. The maximum absolute atomic E-state index is 12.4. The third kappa shape index (κ3) is 3.19. The van der Waals surface area contributed by atoms with Gasteiger partial charge in [0.05, 0.1) is 12.8 Å². The molecule has 0 aliphatic rings. The van der Waals surface area contributed by atoms with E-state index in [2.05, 4.69) is 4.74 Å². The quantitative estimate of drug-likeness (QED) is 0.457. The first-order valence-electron chi connectivity index (χ1n) is 2.79. The van der Waals surface area contributed by atoms with Crippen molar-refractivity contribution in [2.45, 2.75) is 6.42 Å². The summed E-state index contributed by atoms with van der Waals surface area (Å²) >= 11 is 0. The zero-order valence-corrected chi connectivity index (χ0v) is 5.72. The van der Waals surface area contributed by atoms with E-state index >= 15 is 0 Å². The molecular formula is C6H10FNO2. The number of aliphatic hydroxyl groups is 1. The van der Waals surface area contributed by atoms with Crippen molar-refractivity contribution < 1.29 is 14.2 Å². The second-order valence-electron chi connectivity index (χ2n) is 1.65. The first-order valence-corrected chi connectivity index (χ1v) is 2.79. The van der Waals surface area contributed by atoms with Crippen LogP contribution in [0.15, 0.2) is 12.1 Å². The fraction of sp³-hybridized carbons (Fsp3) is 0.500. The Bertz CT molecular complexity index is 145. The van der Waals surface area contributed by atoms with Crippen LogP contribution in [0.3, 0.4) is 0 Å². The molecule has 0 unspecified atom stereocenters. The zero-order valence-electron chi connectivity index (χ0n) is 5.72. The third-order valence-electron chi connectivity index (χ3n) is 0.871. The van der Waals surface area contributed by atoms with Gasteiger partial charge >= 0.3 is 0 Å². The zero-order chi connectivity index (χ0) is 7.98. The normalized spacial score (nSPS) is 11.3. The summed E-state index contributed by atoms with van der Waals surface area (Å²) in [5, 5.41) is 15.2. The molecule has 0 atom stereocenters. The molecular weight excluding hydrogens is 137 g/mol. The summed E-state index contributed by atoms with van der Waals surface area (Å²) in [6.45, 7) is -0.218. The average Bonchev–Trinajstić information content (AvgIpc) is 1.89. The predicted octanol–water partition coefficient (Wildman–Crippen LogP) is 0.846. The molecule has 2 N–H and O–H groups in total. The number of hydrogen-bond acceptors (Lipinski definition) is 3. The van der Waals surface area contributed by atoms with Crippen LogP contribution in [0.5, 0.6) is 0 Å². The molecule has 0 fully saturated rings. The molecule has 0 aromatic heterocycles. The van der Waals surface area contributed by atoms with Crippen LogP contribution in [-0.2, 0) is 4.74 Å². The first kappa shape index (κ1) is 9.10. The van der Waals surface area contributed by atoms with Crippen LogP contribution in [0.1, 0.15) is 6.42 Å². The predicted molar refractivity (Wildman–Crippen MR) is 35.6 cm³/mol. The minimum absolute atomic E-state index is 0.0195. The molecule has 0 saturated heterocycles. The SMILES string of the molecule is CO/C=C(\F)C(=N)CCO. The molecule has 0 saturated carbocycles. The van der Waals surface area contributed by atoms with Crippen molar-refractivity contribution in [2.75, 3.05) is 13.7 Å². The topological polar surface area (TPSA) is 53.3 Å². The van der Waals surface area contributed by atoms with E-state index in [0.29, 0.717) is 0 Å². The molecule has 0 bridgehead atoms. The third-order valence-corrected chi connectivity index (χ3v) is 0.871. The highest BCUT2D eigenvalue weighted by molar-refractivity contribution is 5.95. The molecule has 0 aromatic rings. The van der Waals surface area contributed by atoms with Gasteiger partial charge in [-0.15, -0.1) is 0 Å². The molecule has 0 rings (SSSR count). The Hall–Kier alpha value is -0.900. The first-order chi connectivity index (χ1) is 4.72. The van der Waals surface area contributed by atoms with Gasteiger partial charge in [-0.3, -0.25) is 0 Å².